The van der Waals surface area contributed by atoms with Crippen LogP contribution in [0.1, 0.15) is 23.6 Å². The number of carbonyl (C=O) groups excluding carboxylic acids is 1. The number of carboxylic acids is 1. The van der Waals surface area contributed by atoms with Gasteiger partial charge in [0.25, 0.3) is 0 Å². The lowest BCUT2D eigenvalue weighted by Gasteiger charge is -2.10. The minimum absolute atomic E-state index is 0.567. The fourth-order valence-corrected chi connectivity index (χ4v) is 2.22. The van der Waals surface area contributed by atoms with Gasteiger partial charge in [0.1, 0.15) is 0 Å². The highest BCUT2D eigenvalue weighted by Gasteiger charge is 2.06. The highest BCUT2D eigenvalue weighted by atomic mass is 35.5. The molecule has 0 heterocycles. The highest BCUT2D eigenvalue weighted by Crippen LogP contribution is 2.25. The van der Waals surface area contributed by atoms with Crippen molar-refractivity contribution in [2.24, 2.45) is 0 Å². The molecule has 0 bridgehead atoms. The molecule has 2 rings (SSSR count). The second-order valence-corrected chi connectivity index (χ2v) is 4.87. The Morgan fingerprint density at radius 2 is 1.85 bits per heavy atom. The lowest BCUT2D eigenvalue weighted by Crippen LogP contribution is -2.19. The molecule has 0 amide bonds. The van der Waals surface area contributed by atoms with Crippen molar-refractivity contribution >= 4 is 23.1 Å². The van der Waals surface area contributed by atoms with Crippen LogP contribution in [-0.4, -0.2) is 5.97 Å². The van der Waals surface area contributed by atoms with Crippen molar-refractivity contribution in [3.63, 3.8) is 0 Å². The number of benzene rings is 2. The van der Waals surface area contributed by atoms with E-state index in [-0.39, 0.29) is 0 Å². The largest absolute Gasteiger partial charge is 0.545 e. The molecule has 2 nitrogen and oxygen atoms in total. The first-order chi connectivity index (χ1) is 9.60. The van der Waals surface area contributed by atoms with Crippen molar-refractivity contribution in [1.29, 1.82) is 0 Å². The molecule has 0 N–H and O–H groups in total. The quantitative estimate of drug-likeness (QED) is 0.810. The second kappa shape index (κ2) is 6.40. The Hall–Kier alpha value is -2.06. The van der Waals surface area contributed by atoms with Gasteiger partial charge in [0, 0.05) is 5.02 Å². The van der Waals surface area contributed by atoms with Crippen molar-refractivity contribution in [3.8, 4) is 0 Å². The number of aliphatic carboxylic acids is 1. The fourth-order valence-electron chi connectivity index (χ4n) is 2.03. The third-order valence-corrected chi connectivity index (χ3v) is 3.31. The van der Waals surface area contributed by atoms with E-state index in [0.29, 0.717) is 10.6 Å². The molecular formula is C17H14ClO2-. The standard InChI is InChI=1S/C17H15ClO2/c1-2-12-6-8-13(9-7-12)16(11-17(19)20)14-4-3-5-15(18)10-14/h3-11H,2H2,1H3,(H,19,20)/p-1/b16-11-. The maximum Gasteiger partial charge on any atom is 0.0649 e. The van der Waals surface area contributed by atoms with Crippen LogP contribution in [0.2, 0.25) is 5.02 Å². The van der Waals surface area contributed by atoms with E-state index in [1.54, 1.807) is 18.2 Å². The van der Waals surface area contributed by atoms with Crippen LogP contribution in [0.4, 0.5) is 0 Å². The number of halogens is 1. The molecular weight excluding hydrogens is 272 g/mol. The Balaban J connectivity index is 2.50. The van der Waals surface area contributed by atoms with Crippen LogP contribution in [0.3, 0.4) is 0 Å². The highest BCUT2D eigenvalue weighted by molar-refractivity contribution is 6.30. The van der Waals surface area contributed by atoms with Crippen LogP contribution >= 0.6 is 11.6 Å². The minimum atomic E-state index is -1.22. The van der Waals surface area contributed by atoms with Crippen molar-refractivity contribution < 1.29 is 9.90 Å². The summed E-state index contributed by atoms with van der Waals surface area (Å²) < 4.78 is 0. The Kier molecular flexibility index (Phi) is 4.59. The number of carboxylic acid groups (broad SMARTS) is 1. The molecule has 0 saturated heterocycles. The lowest BCUT2D eigenvalue weighted by atomic mass is 9.96. The van der Waals surface area contributed by atoms with Gasteiger partial charge < -0.3 is 9.90 Å². The fraction of sp³-hybridized carbons (Fsp3) is 0.118. The molecule has 0 aromatic heterocycles. The predicted molar refractivity (Wildman–Crippen MR) is 79.4 cm³/mol. The number of carbonyl (C=O) groups is 1. The summed E-state index contributed by atoms with van der Waals surface area (Å²) in [5.41, 5.74) is 3.38. The molecule has 3 heteroatoms. The SMILES string of the molecule is CCc1ccc(/C(=C/C(=O)[O-])c2cccc(Cl)c2)cc1. The lowest BCUT2D eigenvalue weighted by molar-refractivity contribution is -0.297. The summed E-state index contributed by atoms with van der Waals surface area (Å²) in [6.45, 7) is 2.07. The first-order valence-electron chi connectivity index (χ1n) is 6.38. The van der Waals surface area contributed by atoms with Crippen LogP contribution in [0, 0.1) is 0 Å². The van der Waals surface area contributed by atoms with Crippen LogP contribution < -0.4 is 5.11 Å². The molecule has 2 aromatic carbocycles. The van der Waals surface area contributed by atoms with Gasteiger partial charge in [-0.1, -0.05) is 54.9 Å². The topological polar surface area (TPSA) is 40.1 Å². The normalized spacial score (nSPS) is 11.4. The third-order valence-electron chi connectivity index (χ3n) is 3.07. The maximum absolute atomic E-state index is 10.9. The summed E-state index contributed by atoms with van der Waals surface area (Å²) >= 11 is 5.97. The van der Waals surface area contributed by atoms with Gasteiger partial charge in [-0.15, -0.1) is 0 Å². The smallest absolute Gasteiger partial charge is 0.0649 e. The number of aryl methyl sites for hydroxylation is 1. The van der Waals surface area contributed by atoms with Crippen LogP contribution in [0.15, 0.2) is 54.6 Å². The van der Waals surface area contributed by atoms with E-state index in [1.165, 1.54) is 5.56 Å². The van der Waals surface area contributed by atoms with E-state index in [1.807, 2.05) is 30.3 Å². The molecule has 0 unspecified atom stereocenters. The minimum Gasteiger partial charge on any atom is -0.545 e. The number of hydrogen-bond acceptors (Lipinski definition) is 2. The van der Waals surface area contributed by atoms with E-state index in [2.05, 4.69) is 6.92 Å². The van der Waals surface area contributed by atoms with Crippen LogP contribution in [-0.2, 0) is 11.2 Å². The van der Waals surface area contributed by atoms with Crippen LogP contribution in [0.5, 0.6) is 0 Å². The molecule has 0 aliphatic carbocycles. The van der Waals surface area contributed by atoms with Gasteiger partial charge in [-0.2, -0.15) is 0 Å². The Morgan fingerprint density at radius 3 is 2.40 bits per heavy atom. The van der Waals surface area contributed by atoms with Crippen LogP contribution in [0.25, 0.3) is 5.57 Å². The van der Waals surface area contributed by atoms with E-state index in [0.717, 1.165) is 23.6 Å². The molecule has 0 spiro atoms. The van der Waals surface area contributed by atoms with Crippen molar-refractivity contribution in [2.75, 3.05) is 0 Å². The van der Waals surface area contributed by atoms with Gasteiger partial charge in [0.2, 0.25) is 0 Å². The van der Waals surface area contributed by atoms with Gasteiger partial charge in [-0.3, -0.25) is 0 Å². The zero-order valence-electron chi connectivity index (χ0n) is 11.1. The van der Waals surface area contributed by atoms with E-state index in [4.69, 9.17) is 11.6 Å². The number of rotatable bonds is 4. The molecule has 0 aliphatic rings. The summed E-state index contributed by atoms with van der Waals surface area (Å²) in [7, 11) is 0. The van der Waals surface area contributed by atoms with Crippen molar-refractivity contribution in [3.05, 3.63) is 76.3 Å². The monoisotopic (exact) mass is 285 g/mol. The zero-order chi connectivity index (χ0) is 14.5. The van der Waals surface area contributed by atoms with E-state index < -0.39 is 5.97 Å². The van der Waals surface area contributed by atoms with Gasteiger partial charge in [0.05, 0.1) is 5.97 Å². The molecule has 0 saturated carbocycles. The predicted octanol–water partition coefficient (Wildman–Crippen LogP) is 3.08. The van der Waals surface area contributed by atoms with Gasteiger partial charge >= 0.3 is 0 Å². The van der Waals surface area contributed by atoms with E-state index >= 15 is 0 Å². The maximum atomic E-state index is 10.9. The molecule has 2 aromatic rings. The summed E-state index contributed by atoms with van der Waals surface area (Å²) in [4.78, 5) is 10.9. The van der Waals surface area contributed by atoms with Crippen molar-refractivity contribution in [2.45, 2.75) is 13.3 Å². The Morgan fingerprint density at radius 1 is 1.15 bits per heavy atom. The number of hydrogen-bond donors (Lipinski definition) is 0. The average molecular weight is 286 g/mol. The molecule has 0 atom stereocenters. The summed E-state index contributed by atoms with van der Waals surface area (Å²) in [5, 5.41) is 11.5. The van der Waals surface area contributed by atoms with E-state index in [9.17, 15) is 9.90 Å². The first-order valence-corrected chi connectivity index (χ1v) is 6.76. The molecule has 0 radical (unpaired) electrons. The Labute approximate surface area is 123 Å². The average Bonchev–Trinajstić information content (AvgIpc) is 2.45. The Bertz CT molecular complexity index is 642. The van der Waals surface area contributed by atoms with Gasteiger partial charge in [0.15, 0.2) is 0 Å². The molecule has 102 valence electrons. The van der Waals surface area contributed by atoms with Gasteiger partial charge in [-0.25, -0.2) is 0 Å². The molecule has 20 heavy (non-hydrogen) atoms. The van der Waals surface area contributed by atoms with Crippen molar-refractivity contribution in [1.82, 2.24) is 0 Å². The zero-order valence-corrected chi connectivity index (χ0v) is 11.9. The summed E-state index contributed by atoms with van der Waals surface area (Å²) in [6.07, 6.45) is 2.05. The molecule has 0 aliphatic heterocycles. The van der Waals surface area contributed by atoms with Gasteiger partial charge in [-0.05, 0) is 46.9 Å². The third kappa shape index (κ3) is 3.49. The first kappa shape index (κ1) is 14.4. The second-order valence-electron chi connectivity index (χ2n) is 4.44. The molecule has 0 fully saturated rings. The summed E-state index contributed by atoms with van der Waals surface area (Å²) in [6, 6.07) is 14.9. The summed E-state index contributed by atoms with van der Waals surface area (Å²) in [5.74, 6) is -1.22.